The summed E-state index contributed by atoms with van der Waals surface area (Å²) in [4.78, 5) is 22.8. The molecule has 0 bridgehead atoms. The topological polar surface area (TPSA) is 80.3 Å². The number of esters is 1. The van der Waals surface area contributed by atoms with Gasteiger partial charge in [-0.05, 0) is 20.8 Å². The lowest BCUT2D eigenvalue weighted by Crippen LogP contribution is -2.41. The van der Waals surface area contributed by atoms with Crippen LogP contribution in [0.5, 0.6) is 0 Å². The van der Waals surface area contributed by atoms with Crippen LogP contribution in [0.1, 0.15) is 20.8 Å². The maximum Gasteiger partial charge on any atom is 0.509 e. The summed E-state index contributed by atoms with van der Waals surface area (Å²) >= 11 is 0. The maximum atomic E-state index is 11.6. The van der Waals surface area contributed by atoms with Gasteiger partial charge in [0, 0.05) is 0 Å². The summed E-state index contributed by atoms with van der Waals surface area (Å²) in [6, 6.07) is 0. The van der Waals surface area contributed by atoms with Gasteiger partial charge in [0.1, 0.15) is 6.10 Å². The Morgan fingerprint density at radius 2 is 2.11 bits per heavy atom. The first-order valence-electron chi connectivity index (χ1n) is 5.62. The minimum Gasteiger partial charge on any atom is -0.466 e. The van der Waals surface area contributed by atoms with E-state index in [1.807, 2.05) is 0 Å². The molecule has 0 aromatic heterocycles. The monoisotopic (exact) mass is 262 g/mol. The Hall–Kier alpha value is -1.34. The third kappa shape index (κ3) is 3.85. The Morgan fingerprint density at radius 3 is 2.56 bits per heavy atom. The van der Waals surface area contributed by atoms with E-state index in [1.165, 1.54) is 7.11 Å². The minimum atomic E-state index is -1.20. The lowest BCUT2D eigenvalue weighted by atomic mass is 10.2. The van der Waals surface area contributed by atoms with Crippen LogP contribution in [-0.4, -0.2) is 50.4 Å². The number of methoxy groups -OCH3 is 1. The van der Waals surface area contributed by atoms with Gasteiger partial charge in [0.2, 0.25) is 6.10 Å². The van der Waals surface area contributed by atoms with Gasteiger partial charge in [-0.15, -0.1) is 0 Å². The fraction of sp³-hybridized carbons (Fsp3) is 0.818. The van der Waals surface area contributed by atoms with Crippen molar-refractivity contribution in [1.82, 2.24) is 0 Å². The van der Waals surface area contributed by atoms with Crippen molar-refractivity contribution in [1.29, 1.82) is 0 Å². The molecule has 1 aliphatic rings. The highest BCUT2D eigenvalue weighted by Gasteiger charge is 2.43. The second-order valence-corrected chi connectivity index (χ2v) is 4.11. The van der Waals surface area contributed by atoms with Crippen molar-refractivity contribution < 1.29 is 33.3 Å². The smallest absolute Gasteiger partial charge is 0.466 e. The van der Waals surface area contributed by atoms with Gasteiger partial charge in [-0.1, -0.05) is 0 Å². The molecule has 7 nitrogen and oxygen atoms in total. The van der Waals surface area contributed by atoms with Crippen molar-refractivity contribution in [3.05, 3.63) is 0 Å². The zero-order chi connectivity index (χ0) is 13.8. The molecule has 0 N–H and O–H groups in total. The van der Waals surface area contributed by atoms with Crippen LogP contribution < -0.4 is 0 Å². The molecule has 1 rings (SSSR count). The number of hydrogen-bond acceptors (Lipinski definition) is 7. The van der Waals surface area contributed by atoms with E-state index in [0.29, 0.717) is 0 Å². The van der Waals surface area contributed by atoms with Gasteiger partial charge in [0.05, 0.1) is 20.3 Å². The van der Waals surface area contributed by atoms with Crippen molar-refractivity contribution in [2.75, 3.05) is 20.3 Å². The molecule has 0 spiro atoms. The van der Waals surface area contributed by atoms with E-state index in [4.69, 9.17) is 14.2 Å². The lowest BCUT2D eigenvalue weighted by Gasteiger charge is -2.22. The third-order valence-electron chi connectivity index (χ3n) is 2.29. The number of carbonyl (C=O) groups is 2. The largest absolute Gasteiger partial charge is 0.509 e. The van der Waals surface area contributed by atoms with E-state index in [0.717, 1.165) is 0 Å². The number of rotatable bonds is 4. The van der Waals surface area contributed by atoms with Crippen molar-refractivity contribution in [3.8, 4) is 0 Å². The van der Waals surface area contributed by atoms with Crippen LogP contribution >= 0.6 is 0 Å². The summed E-state index contributed by atoms with van der Waals surface area (Å²) in [5, 5.41) is 0. The molecule has 7 heteroatoms. The standard InChI is InChI=1S/C11H18O7/c1-5-15-10(13)17-8(9(12)14-4)7-6-16-11(2,3)18-7/h7-8H,5-6H2,1-4H3. The van der Waals surface area contributed by atoms with E-state index in [1.54, 1.807) is 20.8 Å². The fourth-order valence-corrected chi connectivity index (χ4v) is 1.51. The molecule has 0 aromatic rings. The van der Waals surface area contributed by atoms with Crippen molar-refractivity contribution >= 4 is 12.1 Å². The van der Waals surface area contributed by atoms with Crippen LogP contribution in [0.2, 0.25) is 0 Å². The van der Waals surface area contributed by atoms with Gasteiger partial charge in [0.15, 0.2) is 5.79 Å². The van der Waals surface area contributed by atoms with Crippen LogP contribution in [0.3, 0.4) is 0 Å². The van der Waals surface area contributed by atoms with Crippen LogP contribution in [0.4, 0.5) is 4.79 Å². The van der Waals surface area contributed by atoms with Gasteiger partial charge in [-0.3, -0.25) is 0 Å². The average Bonchev–Trinajstić information content (AvgIpc) is 2.66. The zero-order valence-corrected chi connectivity index (χ0v) is 10.9. The molecule has 18 heavy (non-hydrogen) atoms. The maximum absolute atomic E-state index is 11.6. The van der Waals surface area contributed by atoms with Crippen molar-refractivity contribution in [2.45, 2.75) is 38.8 Å². The Balaban J connectivity index is 2.67. The molecule has 1 aliphatic heterocycles. The number of hydrogen-bond donors (Lipinski definition) is 0. The second kappa shape index (κ2) is 6.01. The van der Waals surface area contributed by atoms with E-state index in [-0.39, 0.29) is 13.2 Å². The van der Waals surface area contributed by atoms with Crippen molar-refractivity contribution in [2.24, 2.45) is 0 Å². The summed E-state index contributed by atoms with van der Waals surface area (Å²) in [7, 11) is 1.20. The predicted octanol–water partition coefficient (Wildman–Crippen LogP) is 0.853. The van der Waals surface area contributed by atoms with Gasteiger partial charge in [-0.25, -0.2) is 9.59 Å². The first kappa shape index (κ1) is 14.7. The molecular weight excluding hydrogens is 244 g/mol. The quantitative estimate of drug-likeness (QED) is 0.695. The molecule has 1 saturated heterocycles. The minimum absolute atomic E-state index is 0.131. The SMILES string of the molecule is CCOC(=O)OC(C(=O)OC)C1COC(C)(C)O1. The van der Waals surface area contributed by atoms with Gasteiger partial charge >= 0.3 is 12.1 Å². The Labute approximate surface area is 105 Å². The van der Waals surface area contributed by atoms with Crippen LogP contribution in [0.15, 0.2) is 0 Å². The summed E-state index contributed by atoms with van der Waals surface area (Å²) in [5.41, 5.74) is 0. The third-order valence-corrected chi connectivity index (χ3v) is 2.29. The zero-order valence-electron chi connectivity index (χ0n) is 10.9. The van der Waals surface area contributed by atoms with E-state index in [9.17, 15) is 9.59 Å². The Bertz CT molecular complexity index is 313. The fourth-order valence-electron chi connectivity index (χ4n) is 1.51. The molecule has 0 amide bonds. The first-order chi connectivity index (χ1) is 8.39. The molecule has 2 atom stereocenters. The van der Waals surface area contributed by atoms with E-state index >= 15 is 0 Å². The van der Waals surface area contributed by atoms with E-state index < -0.39 is 30.1 Å². The van der Waals surface area contributed by atoms with Crippen molar-refractivity contribution in [3.63, 3.8) is 0 Å². The normalized spacial score (nSPS) is 23.2. The highest BCUT2D eigenvalue weighted by Crippen LogP contribution is 2.26. The highest BCUT2D eigenvalue weighted by atomic mass is 16.8. The number of carbonyl (C=O) groups excluding carboxylic acids is 2. The summed E-state index contributed by atoms with van der Waals surface area (Å²) in [6.45, 7) is 5.32. The van der Waals surface area contributed by atoms with Gasteiger partial charge in [-0.2, -0.15) is 0 Å². The average molecular weight is 262 g/mol. The molecule has 0 saturated carbocycles. The molecule has 0 aliphatic carbocycles. The second-order valence-electron chi connectivity index (χ2n) is 4.11. The molecule has 2 unspecified atom stereocenters. The summed E-state index contributed by atoms with van der Waals surface area (Å²) < 4.78 is 24.8. The van der Waals surface area contributed by atoms with Crippen LogP contribution in [0.25, 0.3) is 0 Å². The highest BCUT2D eigenvalue weighted by molar-refractivity contribution is 5.78. The molecular formula is C11H18O7. The molecule has 1 fully saturated rings. The summed E-state index contributed by atoms with van der Waals surface area (Å²) in [6.07, 6.45) is -2.85. The van der Waals surface area contributed by atoms with Crippen LogP contribution in [-0.2, 0) is 28.5 Å². The van der Waals surface area contributed by atoms with Gasteiger partial charge < -0.3 is 23.7 Å². The predicted molar refractivity (Wildman–Crippen MR) is 58.8 cm³/mol. The molecule has 1 heterocycles. The Kier molecular flexibility index (Phi) is 4.92. The molecule has 0 aromatic carbocycles. The Morgan fingerprint density at radius 1 is 1.44 bits per heavy atom. The lowest BCUT2D eigenvalue weighted by molar-refractivity contribution is -0.172. The van der Waals surface area contributed by atoms with Gasteiger partial charge in [0.25, 0.3) is 0 Å². The molecule has 104 valence electrons. The molecule has 0 radical (unpaired) electrons. The first-order valence-corrected chi connectivity index (χ1v) is 5.62. The van der Waals surface area contributed by atoms with Crippen LogP contribution in [0, 0.1) is 0 Å². The van der Waals surface area contributed by atoms with E-state index in [2.05, 4.69) is 9.47 Å². The number of ether oxygens (including phenoxy) is 5. The summed E-state index contributed by atoms with van der Waals surface area (Å²) in [5.74, 6) is -1.54.